The van der Waals surface area contributed by atoms with Gasteiger partial charge in [-0.25, -0.2) is 0 Å². The van der Waals surface area contributed by atoms with Gasteiger partial charge in [0, 0.05) is 27.6 Å². The summed E-state index contributed by atoms with van der Waals surface area (Å²) in [4.78, 5) is 2.49. The molecule has 0 N–H and O–H groups in total. The fraction of sp³-hybridized carbons (Fsp3) is 0.103. The van der Waals surface area contributed by atoms with Crippen LogP contribution in [-0.2, 0) is 10.8 Å². The van der Waals surface area contributed by atoms with Crippen LogP contribution in [0, 0.1) is 0 Å². The minimum absolute atomic E-state index is 0.0626. The first kappa shape index (κ1) is 35.2. The minimum atomic E-state index is -0.112. The van der Waals surface area contributed by atoms with Crippen molar-refractivity contribution < 1.29 is 0 Å². The van der Waals surface area contributed by atoms with Crippen molar-refractivity contribution in [3.05, 3.63) is 222 Å². The fourth-order valence-electron chi connectivity index (χ4n) is 10.4. The molecule has 0 amide bonds. The number of fused-ring (bicyclic) bond motifs is 7. The summed E-state index contributed by atoms with van der Waals surface area (Å²) in [5.41, 5.74) is 21.5. The molecule has 59 heavy (non-hydrogen) atoms. The van der Waals surface area contributed by atoms with Gasteiger partial charge in [0.1, 0.15) is 0 Å². The molecule has 2 aliphatic rings. The van der Waals surface area contributed by atoms with Crippen LogP contribution in [0.5, 0.6) is 0 Å². The van der Waals surface area contributed by atoms with Gasteiger partial charge in [-0.1, -0.05) is 204 Å². The molecular formula is C58H45N. The van der Waals surface area contributed by atoms with Crippen LogP contribution < -0.4 is 4.90 Å². The fourth-order valence-corrected chi connectivity index (χ4v) is 10.4. The van der Waals surface area contributed by atoms with Crippen molar-refractivity contribution >= 4 is 27.8 Å². The maximum atomic E-state index is 2.49. The molecule has 1 nitrogen and oxygen atoms in total. The Labute approximate surface area is 347 Å². The predicted molar refractivity (Wildman–Crippen MR) is 250 cm³/mol. The lowest BCUT2D eigenvalue weighted by Crippen LogP contribution is -2.16. The number of nitrogens with zero attached hydrogens (tertiary/aromatic N) is 1. The Bertz CT molecular complexity index is 3090. The number of benzene rings is 9. The van der Waals surface area contributed by atoms with E-state index in [1.165, 1.54) is 94.3 Å². The summed E-state index contributed by atoms with van der Waals surface area (Å²) in [6, 6.07) is 74.2. The molecule has 0 fully saturated rings. The van der Waals surface area contributed by atoms with Gasteiger partial charge in [0.15, 0.2) is 0 Å². The quantitative estimate of drug-likeness (QED) is 0.163. The maximum absolute atomic E-state index is 2.49. The summed E-state index contributed by atoms with van der Waals surface area (Å²) in [6.07, 6.45) is 0. The third kappa shape index (κ3) is 5.31. The highest BCUT2D eigenvalue weighted by molar-refractivity contribution is 6.09. The van der Waals surface area contributed by atoms with Crippen LogP contribution in [0.3, 0.4) is 0 Å². The van der Waals surface area contributed by atoms with Crippen LogP contribution in [-0.4, -0.2) is 0 Å². The van der Waals surface area contributed by atoms with Gasteiger partial charge in [0.05, 0.1) is 11.4 Å². The van der Waals surface area contributed by atoms with E-state index in [1.807, 2.05) is 0 Å². The van der Waals surface area contributed by atoms with Gasteiger partial charge in [0.25, 0.3) is 0 Å². The molecule has 0 atom stereocenters. The average Bonchev–Trinajstić information content (AvgIpc) is 3.67. The van der Waals surface area contributed by atoms with Gasteiger partial charge >= 0.3 is 0 Å². The van der Waals surface area contributed by atoms with Gasteiger partial charge in [-0.15, -0.1) is 0 Å². The molecule has 11 rings (SSSR count). The van der Waals surface area contributed by atoms with Crippen molar-refractivity contribution in [3.8, 4) is 55.6 Å². The van der Waals surface area contributed by atoms with Crippen molar-refractivity contribution in [2.45, 2.75) is 38.5 Å². The second-order valence-corrected chi connectivity index (χ2v) is 17.2. The Morgan fingerprint density at radius 1 is 0.305 bits per heavy atom. The van der Waals surface area contributed by atoms with E-state index < -0.39 is 0 Å². The lowest BCUT2D eigenvalue weighted by Gasteiger charge is -2.30. The normalized spacial score (nSPS) is 14.0. The molecule has 0 aromatic heterocycles. The molecule has 0 saturated heterocycles. The molecule has 0 spiro atoms. The second-order valence-electron chi connectivity index (χ2n) is 17.2. The SMILES string of the molecule is CC1(C)c2ccccc2-c2c(-c3cccc4cccc(-c5ccc(N(c6ccccc6-c6ccccc6)c6cccc7c6-c6ccccc6C7(C)C)cc5)c34)cccc21. The Morgan fingerprint density at radius 3 is 1.46 bits per heavy atom. The third-order valence-corrected chi connectivity index (χ3v) is 13.3. The molecule has 282 valence electrons. The maximum Gasteiger partial charge on any atom is 0.0543 e. The summed E-state index contributed by atoms with van der Waals surface area (Å²) in [7, 11) is 0. The van der Waals surface area contributed by atoms with E-state index in [4.69, 9.17) is 0 Å². The van der Waals surface area contributed by atoms with Crippen molar-refractivity contribution in [2.75, 3.05) is 4.90 Å². The van der Waals surface area contributed by atoms with E-state index in [-0.39, 0.29) is 10.8 Å². The number of hydrogen-bond donors (Lipinski definition) is 0. The highest BCUT2D eigenvalue weighted by atomic mass is 15.1. The molecule has 2 aliphatic carbocycles. The monoisotopic (exact) mass is 755 g/mol. The molecule has 9 aromatic rings. The standard InChI is InChI=1S/C58H45N/c1-57(2)48-28-11-8-23-46(48)55-45(27-16-30-50(55)57)44-26-15-21-40-20-14-25-43(54(40)44)39-34-36-41(37-35-39)59(52-32-13-10-22-42(52)38-18-6-5-7-19-38)53-33-17-31-51-56(53)47-24-9-12-29-49(47)58(51,3)4/h5-37H,1-4H3. The zero-order valence-corrected chi connectivity index (χ0v) is 34.0. The molecule has 0 heterocycles. The molecular weight excluding hydrogens is 711 g/mol. The first-order chi connectivity index (χ1) is 28.8. The van der Waals surface area contributed by atoms with E-state index in [2.05, 4.69) is 233 Å². The van der Waals surface area contributed by atoms with E-state index in [9.17, 15) is 0 Å². The first-order valence-corrected chi connectivity index (χ1v) is 20.9. The van der Waals surface area contributed by atoms with Crippen molar-refractivity contribution in [3.63, 3.8) is 0 Å². The third-order valence-electron chi connectivity index (χ3n) is 13.3. The van der Waals surface area contributed by atoms with Gasteiger partial charge in [-0.2, -0.15) is 0 Å². The Kier molecular flexibility index (Phi) is 7.94. The highest BCUT2D eigenvalue weighted by Gasteiger charge is 2.39. The molecule has 0 saturated carbocycles. The average molecular weight is 756 g/mol. The van der Waals surface area contributed by atoms with E-state index in [0.29, 0.717) is 0 Å². The van der Waals surface area contributed by atoms with Gasteiger partial charge in [0.2, 0.25) is 0 Å². The van der Waals surface area contributed by atoms with Gasteiger partial charge < -0.3 is 4.90 Å². The largest absolute Gasteiger partial charge is 0.309 e. The molecule has 1 heteroatoms. The summed E-state index contributed by atoms with van der Waals surface area (Å²) in [5, 5.41) is 2.52. The zero-order chi connectivity index (χ0) is 39.9. The lowest BCUT2D eigenvalue weighted by molar-refractivity contribution is 0.660. The Balaban J connectivity index is 1.10. The van der Waals surface area contributed by atoms with Crippen LogP contribution in [0.2, 0.25) is 0 Å². The number of hydrogen-bond acceptors (Lipinski definition) is 1. The smallest absolute Gasteiger partial charge is 0.0543 e. The van der Waals surface area contributed by atoms with E-state index >= 15 is 0 Å². The van der Waals surface area contributed by atoms with Crippen LogP contribution in [0.1, 0.15) is 49.9 Å². The van der Waals surface area contributed by atoms with E-state index in [0.717, 1.165) is 11.4 Å². The summed E-state index contributed by atoms with van der Waals surface area (Å²) < 4.78 is 0. The zero-order valence-electron chi connectivity index (χ0n) is 34.0. The topological polar surface area (TPSA) is 3.24 Å². The summed E-state index contributed by atoms with van der Waals surface area (Å²) >= 11 is 0. The minimum Gasteiger partial charge on any atom is -0.309 e. The van der Waals surface area contributed by atoms with E-state index in [1.54, 1.807) is 0 Å². The van der Waals surface area contributed by atoms with Crippen LogP contribution in [0.4, 0.5) is 17.1 Å². The highest BCUT2D eigenvalue weighted by Crippen LogP contribution is 2.56. The lowest BCUT2D eigenvalue weighted by atomic mass is 9.81. The Morgan fingerprint density at radius 2 is 0.763 bits per heavy atom. The summed E-state index contributed by atoms with van der Waals surface area (Å²) in [5.74, 6) is 0. The molecule has 0 bridgehead atoms. The first-order valence-electron chi connectivity index (χ1n) is 20.9. The number of anilines is 3. The second kappa shape index (κ2) is 13.3. The molecule has 0 radical (unpaired) electrons. The van der Waals surface area contributed by atoms with Crippen LogP contribution >= 0.6 is 0 Å². The molecule has 9 aromatic carbocycles. The van der Waals surface area contributed by atoms with Crippen molar-refractivity contribution in [1.29, 1.82) is 0 Å². The van der Waals surface area contributed by atoms with Crippen molar-refractivity contribution in [2.24, 2.45) is 0 Å². The molecule has 0 unspecified atom stereocenters. The van der Waals surface area contributed by atoms with Gasteiger partial charge in [-0.3, -0.25) is 0 Å². The van der Waals surface area contributed by atoms with Crippen molar-refractivity contribution in [1.82, 2.24) is 0 Å². The van der Waals surface area contributed by atoms with Gasteiger partial charge in [-0.05, 0) is 102 Å². The predicted octanol–water partition coefficient (Wildman–Crippen LogP) is 15.9. The molecule has 0 aliphatic heterocycles. The van der Waals surface area contributed by atoms with Crippen LogP contribution in [0.15, 0.2) is 200 Å². The Hall–Kier alpha value is -6.96. The number of rotatable bonds is 6. The summed E-state index contributed by atoms with van der Waals surface area (Å²) in [6.45, 7) is 9.45. The number of para-hydroxylation sites is 1. The van der Waals surface area contributed by atoms with Crippen LogP contribution in [0.25, 0.3) is 66.4 Å².